The minimum Gasteiger partial charge on any atom is -0.502 e. The van der Waals surface area contributed by atoms with Crippen LogP contribution in [0.1, 0.15) is 0 Å². The van der Waals surface area contributed by atoms with Crippen molar-refractivity contribution in [2.24, 2.45) is 5.73 Å². The van der Waals surface area contributed by atoms with Gasteiger partial charge < -0.3 is 9.47 Å². The zero-order valence-electron chi connectivity index (χ0n) is 5.58. The smallest absolute Gasteiger partial charge is 0.286 e. The fraction of sp³-hybridized carbons (Fsp3) is 0.143. The predicted octanol–water partition coefficient (Wildman–Crippen LogP) is 0.498. The van der Waals surface area contributed by atoms with Gasteiger partial charge in [-0.3, -0.25) is 5.73 Å². The minimum atomic E-state index is -0.659. The SMILES string of the molecule is NC1Oc2[c-]cccc2O1.[Re]. The van der Waals surface area contributed by atoms with Gasteiger partial charge in [0.1, 0.15) is 0 Å². The van der Waals surface area contributed by atoms with Crippen LogP contribution < -0.4 is 15.2 Å². The number of benzene rings is 1. The van der Waals surface area contributed by atoms with Crippen LogP contribution in [0.2, 0.25) is 0 Å². The first kappa shape index (κ1) is 8.54. The second-order valence-electron chi connectivity index (χ2n) is 1.97. The van der Waals surface area contributed by atoms with E-state index in [1.807, 2.05) is 6.07 Å². The molecule has 11 heavy (non-hydrogen) atoms. The molecule has 2 N–H and O–H groups in total. The summed E-state index contributed by atoms with van der Waals surface area (Å²) in [5.74, 6) is 1.25. The van der Waals surface area contributed by atoms with Crippen LogP contribution in [0.3, 0.4) is 0 Å². The maximum absolute atomic E-state index is 5.32. The summed E-state index contributed by atoms with van der Waals surface area (Å²) >= 11 is 0. The Labute approximate surface area is 78.1 Å². The van der Waals surface area contributed by atoms with Gasteiger partial charge in [0.2, 0.25) is 0 Å². The molecule has 4 heteroatoms. The van der Waals surface area contributed by atoms with Gasteiger partial charge in [-0.1, -0.05) is 0 Å². The molecule has 1 heterocycles. The molecule has 0 saturated heterocycles. The summed E-state index contributed by atoms with van der Waals surface area (Å²) in [5, 5.41) is 0. The van der Waals surface area contributed by atoms with Gasteiger partial charge in [0, 0.05) is 20.4 Å². The van der Waals surface area contributed by atoms with Crippen molar-refractivity contribution >= 4 is 0 Å². The summed E-state index contributed by atoms with van der Waals surface area (Å²) < 4.78 is 10.0. The third-order valence-electron chi connectivity index (χ3n) is 1.26. The molecule has 2 rings (SSSR count). The average molecular weight is 322 g/mol. The van der Waals surface area contributed by atoms with Gasteiger partial charge in [-0.2, -0.15) is 12.1 Å². The fourth-order valence-corrected chi connectivity index (χ4v) is 0.856. The Morgan fingerprint density at radius 2 is 2.27 bits per heavy atom. The van der Waals surface area contributed by atoms with E-state index < -0.39 is 6.41 Å². The van der Waals surface area contributed by atoms with Crippen LogP contribution in [0.5, 0.6) is 11.5 Å². The van der Waals surface area contributed by atoms with Gasteiger partial charge in [0.15, 0.2) is 0 Å². The molecule has 1 aliphatic heterocycles. The summed E-state index contributed by atoms with van der Waals surface area (Å²) in [5.41, 5.74) is 5.32. The molecular formula is C7H6NO2Re-. The fourth-order valence-electron chi connectivity index (χ4n) is 0.856. The molecule has 3 nitrogen and oxygen atoms in total. The Bertz CT molecular complexity index is 229. The van der Waals surface area contributed by atoms with Crippen molar-refractivity contribution in [3.63, 3.8) is 0 Å². The van der Waals surface area contributed by atoms with Gasteiger partial charge in [0.25, 0.3) is 6.41 Å². The number of ether oxygens (including phenoxy) is 2. The average Bonchev–Trinajstić information content (AvgIpc) is 2.27. The summed E-state index contributed by atoms with van der Waals surface area (Å²) in [6.45, 7) is 0. The van der Waals surface area contributed by atoms with Crippen molar-refractivity contribution < 1.29 is 29.9 Å². The number of hydrogen-bond acceptors (Lipinski definition) is 3. The van der Waals surface area contributed by atoms with Gasteiger partial charge >= 0.3 is 0 Å². The summed E-state index contributed by atoms with van der Waals surface area (Å²) in [6.07, 6.45) is -0.659. The van der Waals surface area contributed by atoms with E-state index in [4.69, 9.17) is 15.2 Å². The zero-order valence-corrected chi connectivity index (χ0v) is 8.30. The van der Waals surface area contributed by atoms with E-state index in [1.54, 1.807) is 12.1 Å². The molecule has 0 aliphatic carbocycles. The molecule has 1 atom stereocenters. The van der Waals surface area contributed by atoms with Crippen LogP contribution >= 0.6 is 0 Å². The molecule has 0 fully saturated rings. The van der Waals surface area contributed by atoms with Crippen molar-refractivity contribution in [1.29, 1.82) is 0 Å². The predicted molar refractivity (Wildman–Crippen MR) is 34.5 cm³/mol. The Morgan fingerprint density at radius 3 is 3.00 bits per heavy atom. The van der Waals surface area contributed by atoms with Gasteiger partial charge in [-0.05, 0) is 0 Å². The number of fused-ring (bicyclic) bond motifs is 1. The van der Waals surface area contributed by atoms with E-state index in [1.165, 1.54) is 0 Å². The maximum Gasteiger partial charge on any atom is 0.286 e. The molecule has 1 radical (unpaired) electrons. The maximum atomic E-state index is 5.32. The van der Waals surface area contributed by atoms with E-state index in [9.17, 15) is 0 Å². The van der Waals surface area contributed by atoms with Crippen LogP contribution in [0.15, 0.2) is 18.2 Å². The molecule has 59 valence electrons. The molecule has 1 aliphatic rings. The summed E-state index contributed by atoms with van der Waals surface area (Å²) in [6, 6.07) is 8.21. The van der Waals surface area contributed by atoms with Crippen LogP contribution in [0.25, 0.3) is 0 Å². The molecule has 0 saturated carbocycles. The number of rotatable bonds is 0. The Morgan fingerprint density at radius 1 is 1.45 bits per heavy atom. The Kier molecular flexibility index (Phi) is 2.50. The Hall–Kier alpha value is -0.558. The normalized spacial score (nSPS) is 19.2. The van der Waals surface area contributed by atoms with Crippen LogP contribution in [0.4, 0.5) is 0 Å². The zero-order chi connectivity index (χ0) is 6.97. The van der Waals surface area contributed by atoms with Crippen LogP contribution in [0, 0.1) is 6.07 Å². The molecule has 0 spiro atoms. The van der Waals surface area contributed by atoms with Crippen molar-refractivity contribution in [2.75, 3.05) is 0 Å². The number of hydrogen-bond donors (Lipinski definition) is 1. The van der Waals surface area contributed by atoms with Crippen molar-refractivity contribution in [3.05, 3.63) is 24.3 Å². The topological polar surface area (TPSA) is 44.5 Å². The van der Waals surface area contributed by atoms with E-state index >= 15 is 0 Å². The minimum absolute atomic E-state index is 0. The van der Waals surface area contributed by atoms with Crippen molar-refractivity contribution in [2.45, 2.75) is 6.41 Å². The summed E-state index contributed by atoms with van der Waals surface area (Å²) in [4.78, 5) is 0. The van der Waals surface area contributed by atoms with Gasteiger partial charge in [0.05, 0.1) is 11.5 Å². The van der Waals surface area contributed by atoms with Crippen molar-refractivity contribution in [1.82, 2.24) is 0 Å². The second-order valence-corrected chi connectivity index (χ2v) is 1.97. The van der Waals surface area contributed by atoms with E-state index in [0.29, 0.717) is 11.5 Å². The van der Waals surface area contributed by atoms with Crippen molar-refractivity contribution in [3.8, 4) is 11.5 Å². The van der Waals surface area contributed by atoms with Gasteiger partial charge in [-0.25, -0.2) is 0 Å². The molecule has 0 amide bonds. The molecule has 0 aromatic heterocycles. The van der Waals surface area contributed by atoms with E-state index in [-0.39, 0.29) is 20.4 Å². The monoisotopic (exact) mass is 323 g/mol. The first-order chi connectivity index (χ1) is 4.86. The van der Waals surface area contributed by atoms with E-state index in [0.717, 1.165) is 0 Å². The summed E-state index contributed by atoms with van der Waals surface area (Å²) in [7, 11) is 0. The molecule has 1 aromatic rings. The molecular weight excluding hydrogens is 316 g/mol. The quantitative estimate of drug-likeness (QED) is 0.708. The first-order valence-electron chi connectivity index (χ1n) is 2.96. The second kappa shape index (κ2) is 3.23. The standard InChI is InChI=1S/C7H6NO2.Re/c8-7-9-5-3-1-2-4-6(5)10-7;/h1-3,7H,8H2;/q-1;. The molecule has 0 bridgehead atoms. The first-order valence-corrected chi connectivity index (χ1v) is 2.96. The van der Waals surface area contributed by atoms with E-state index in [2.05, 4.69) is 6.07 Å². The number of nitrogens with two attached hydrogens (primary N) is 1. The van der Waals surface area contributed by atoms with Gasteiger partial charge in [-0.15, -0.1) is 12.1 Å². The molecule has 1 unspecified atom stereocenters. The Balaban J connectivity index is 0.000000605. The van der Waals surface area contributed by atoms with Crippen LogP contribution in [-0.2, 0) is 20.4 Å². The molecule has 1 aromatic carbocycles. The number of para-hydroxylation sites is 1. The third kappa shape index (κ3) is 1.54. The van der Waals surface area contributed by atoms with Crippen LogP contribution in [-0.4, -0.2) is 6.41 Å². The third-order valence-corrected chi connectivity index (χ3v) is 1.26. The largest absolute Gasteiger partial charge is 0.502 e.